The fourth-order valence-electron chi connectivity index (χ4n) is 3.30. The van der Waals surface area contributed by atoms with E-state index in [0.29, 0.717) is 0 Å². The fourth-order valence-corrected chi connectivity index (χ4v) is 4.35. The maximum atomic E-state index is 5.31. The van der Waals surface area contributed by atoms with Gasteiger partial charge in [-0.15, -0.1) is 11.3 Å². The Morgan fingerprint density at radius 2 is 1.64 bits per heavy atom. The van der Waals surface area contributed by atoms with E-state index in [-0.39, 0.29) is 0 Å². The summed E-state index contributed by atoms with van der Waals surface area (Å²) in [5.74, 6) is 0.879. The third kappa shape index (κ3) is 2.36. The SMILES string of the molecule is COc1ccc2cc(-c3cc4c(cn3)sc3ccccc34)ccc2c1. The van der Waals surface area contributed by atoms with Crippen LogP contribution in [0.15, 0.2) is 72.9 Å². The van der Waals surface area contributed by atoms with E-state index in [1.165, 1.54) is 30.9 Å². The van der Waals surface area contributed by atoms with E-state index < -0.39 is 0 Å². The number of nitrogens with zero attached hydrogens (tertiary/aromatic N) is 1. The van der Waals surface area contributed by atoms with Crippen LogP contribution in [0.5, 0.6) is 5.75 Å². The Labute approximate surface area is 149 Å². The van der Waals surface area contributed by atoms with Crippen molar-refractivity contribution in [2.75, 3.05) is 7.11 Å². The number of thiophene rings is 1. The number of pyridine rings is 1. The molecular formula is C22H15NOS. The minimum atomic E-state index is 0.879. The van der Waals surface area contributed by atoms with Crippen LogP contribution in [0.1, 0.15) is 0 Å². The van der Waals surface area contributed by atoms with Crippen molar-refractivity contribution in [2.24, 2.45) is 0 Å². The molecule has 25 heavy (non-hydrogen) atoms. The van der Waals surface area contributed by atoms with Gasteiger partial charge in [0.1, 0.15) is 5.75 Å². The molecule has 0 spiro atoms. The van der Waals surface area contributed by atoms with E-state index >= 15 is 0 Å². The molecule has 120 valence electrons. The van der Waals surface area contributed by atoms with E-state index in [2.05, 4.69) is 60.7 Å². The van der Waals surface area contributed by atoms with Crippen molar-refractivity contribution < 1.29 is 4.74 Å². The summed E-state index contributed by atoms with van der Waals surface area (Å²) < 4.78 is 7.85. The molecule has 0 saturated carbocycles. The molecule has 5 rings (SSSR count). The summed E-state index contributed by atoms with van der Waals surface area (Å²) >= 11 is 1.80. The molecule has 0 bridgehead atoms. The largest absolute Gasteiger partial charge is 0.497 e. The molecular weight excluding hydrogens is 326 g/mol. The highest BCUT2D eigenvalue weighted by molar-refractivity contribution is 7.25. The topological polar surface area (TPSA) is 22.1 Å². The summed E-state index contributed by atoms with van der Waals surface area (Å²) in [6, 6.07) is 23.3. The van der Waals surface area contributed by atoms with Gasteiger partial charge in [0.05, 0.1) is 17.5 Å². The van der Waals surface area contributed by atoms with Crippen LogP contribution in [0, 0.1) is 0 Å². The number of rotatable bonds is 2. The summed E-state index contributed by atoms with van der Waals surface area (Å²) in [7, 11) is 1.69. The zero-order valence-electron chi connectivity index (χ0n) is 13.7. The molecule has 0 aliphatic rings. The van der Waals surface area contributed by atoms with E-state index in [1.807, 2.05) is 12.3 Å². The predicted molar refractivity (Wildman–Crippen MR) is 107 cm³/mol. The molecule has 3 heteroatoms. The molecule has 0 aliphatic heterocycles. The molecule has 3 aromatic carbocycles. The van der Waals surface area contributed by atoms with Gasteiger partial charge in [-0.25, -0.2) is 0 Å². The van der Waals surface area contributed by atoms with Crippen LogP contribution in [0.4, 0.5) is 0 Å². The van der Waals surface area contributed by atoms with Crippen LogP contribution in [-0.4, -0.2) is 12.1 Å². The Kier molecular flexibility index (Phi) is 3.22. The summed E-state index contributed by atoms with van der Waals surface area (Å²) in [6.07, 6.45) is 1.99. The van der Waals surface area contributed by atoms with Crippen molar-refractivity contribution in [3.05, 3.63) is 72.9 Å². The number of hydrogen-bond donors (Lipinski definition) is 0. The molecule has 0 atom stereocenters. The van der Waals surface area contributed by atoms with Gasteiger partial charge in [0.15, 0.2) is 0 Å². The van der Waals surface area contributed by atoms with Crippen LogP contribution < -0.4 is 4.74 Å². The van der Waals surface area contributed by atoms with Gasteiger partial charge >= 0.3 is 0 Å². The van der Waals surface area contributed by atoms with Crippen LogP contribution in [0.3, 0.4) is 0 Å². The smallest absolute Gasteiger partial charge is 0.119 e. The molecule has 0 aliphatic carbocycles. The zero-order valence-corrected chi connectivity index (χ0v) is 14.5. The molecule has 0 fully saturated rings. The van der Waals surface area contributed by atoms with Gasteiger partial charge in [-0.1, -0.05) is 36.4 Å². The Hall–Kier alpha value is -2.91. The molecule has 0 saturated heterocycles. The normalized spacial score (nSPS) is 11.4. The Morgan fingerprint density at radius 1 is 0.800 bits per heavy atom. The molecule has 0 radical (unpaired) electrons. The standard InChI is InChI=1S/C22H15NOS/c1-24-17-9-8-14-10-16(7-6-15(14)11-17)20-12-19-18-4-2-3-5-21(18)25-22(19)13-23-20/h2-13H,1H3. The second kappa shape index (κ2) is 5.57. The second-order valence-electron chi connectivity index (χ2n) is 6.09. The van der Waals surface area contributed by atoms with Gasteiger partial charge < -0.3 is 4.74 Å². The maximum Gasteiger partial charge on any atom is 0.119 e. The van der Waals surface area contributed by atoms with Crippen LogP contribution in [-0.2, 0) is 0 Å². The zero-order chi connectivity index (χ0) is 16.8. The summed E-state index contributed by atoms with van der Waals surface area (Å²) in [5.41, 5.74) is 2.14. The Morgan fingerprint density at radius 3 is 2.56 bits per heavy atom. The van der Waals surface area contributed by atoms with E-state index in [1.54, 1.807) is 18.4 Å². The number of hydrogen-bond acceptors (Lipinski definition) is 3. The predicted octanol–water partition coefficient (Wildman–Crippen LogP) is 6.28. The number of methoxy groups -OCH3 is 1. The number of ether oxygens (including phenoxy) is 1. The third-order valence-electron chi connectivity index (χ3n) is 4.61. The van der Waals surface area contributed by atoms with Gasteiger partial charge in [-0.2, -0.15) is 0 Å². The first-order valence-electron chi connectivity index (χ1n) is 8.17. The van der Waals surface area contributed by atoms with Crippen LogP contribution in [0.2, 0.25) is 0 Å². The minimum absolute atomic E-state index is 0.879. The first kappa shape index (κ1) is 14.4. The monoisotopic (exact) mass is 341 g/mol. The first-order valence-corrected chi connectivity index (χ1v) is 8.99. The van der Waals surface area contributed by atoms with Crippen molar-refractivity contribution >= 4 is 42.3 Å². The molecule has 2 heterocycles. The first-order chi connectivity index (χ1) is 12.3. The lowest BCUT2D eigenvalue weighted by Crippen LogP contribution is -1.85. The molecule has 0 N–H and O–H groups in total. The third-order valence-corrected chi connectivity index (χ3v) is 5.73. The summed E-state index contributed by atoms with van der Waals surface area (Å²) in [4.78, 5) is 4.70. The Balaban J connectivity index is 1.69. The minimum Gasteiger partial charge on any atom is -0.497 e. The van der Waals surface area contributed by atoms with Gasteiger partial charge in [-0.3, -0.25) is 4.98 Å². The van der Waals surface area contributed by atoms with E-state index in [9.17, 15) is 0 Å². The van der Waals surface area contributed by atoms with Gasteiger partial charge in [0, 0.05) is 27.2 Å². The number of aromatic nitrogens is 1. The lowest BCUT2D eigenvalue weighted by molar-refractivity contribution is 0.415. The fraction of sp³-hybridized carbons (Fsp3) is 0.0455. The lowest BCUT2D eigenvalue weighted by Gasteiger charge is -2.06. The molecule has 0 amide bonds. The van der Waals surface area contributed by atoms with Crippen molar-refractivity contribution in [1.29, 1.82) is 0 Å². The van der Waals surface area contributed by atoms with Crippen molar-refractivity contribution in [3.63, 3.8) is 0 Å². The van der Waals surface area contributed by atoms with Crippen molar-refractivity contribution in [2.45, 2.75) is 0 Å². The highest BCUT2D eigenvalue weighted by Crippen LogP contribution is 2.35. The lowest BCUT2D eigenvalue weighted by atomic mass is 10.0. The second-order valence-corrected chi connectivity index (χ2v) is 7.18. The van der Waals surface area contributed by atoms with Gasteiger partial charge in [0.25, 0.3) is 0 Å². The average Bonchev–Trinajstić information content (AvgIpc) is 3.05. The number of fused-ring (bicyclic) bond motifs is 4. The van der Waals surface area contributed by atoms with E-state index in [0.717, 1.165) is 17.0 Å². The quantitative estimate of drug-likeness (QED) is 0.377. The molecule has 2 aromatic heterocycles. The maximum absolute atomic E-state index is 5.31. The molecule has 5 aromatic rings. The summed E-state index contributed by atoms with van der Waals surface area (Å²) in [6.45, 7) is 0. The van der Waals surface area contributed by atoms with Crippen LogP contribution >= 0.6 is 11.3 Å². The van der Waals surface area contributed by atoms with E-state index in [4.69, 9.17) is 9.72 Å². The Bertz CT molecular complexity index is 1240. The molecule has 2 nitrogen and oxygen atoms in total. The highest BCUT2D eigenvalue weighted by atomic mass is 32.1. The molecule has 0 unspecified atom stereocenters. The van der Waals surface area contributed by atoms with Gasteiger partial charge in [-0.05, 0) is 41.1 Å². The summed E-state index contributed by atoms with van der Waals surface area (Å²) in [5, 5.41) is 4.94. The van der Waals surface area contributed by atoms with Crippen molar-refractivity contribution in [3.8, 4) is 17.0 Å². The highest BCUT2D eigenvalue weighted by Gasteiger charge is 2.08. The average molecular weight is 341 g/mol. The van der Waals surface area contributed by atoms with Crippen molar-refractivity contribution in [1.82, 2.24) is 4.98 Å². The number of benzene rings is 3. The van der Waals surface area contributed by atoms with Crippen LogP contribution in [0.25, 0.3) is 42.2 Å². The van der Waals surface area contributed by atoms with Gasteiger partial charge in [0.2, 0.25) is 0 Å².